The number of nitrogens with zero attached hydrogens (tertiary/aromatic N) is 2. The normalized spacial score (nSPS) is 11.2. The lowest BCUT2D eigenvalue weighted by atomic mass is 10.1. The van der Waals surface area contributed by atoms with Crippen LogP contribution in [-0.4, -0.2) is 21.4 Å². The zero-order valence-corrected chi connectivity index (χ0v) is 16.6. The number of nitriles is 1. The number of aliphatic carboxylic acids is 1. The first-order chi connectivity index (χ1) is 15.7. The number of ketones is 1. The fraction of sp³-hybridized carbons (Fsp3) is 0.0417. The summed E-state index contributed by atoms with van der Waals surface area (Å²) in [5.41, 5.74) is -0.317. The van der Waals surface area contributed by atoms with Crippen LogP contribution in [0.3, 0.4) is 0 Å². The predicted octanol–water partition coefficient (Wildman–Crippen LogP) is 5.58. The maximum absolute atomic E-state index is 13.0. The first-order valence-corrected chi connectivity index (χ1v) is 9.46. The Labute approximate surface area is 184 Å². The van der Waals surface area contributed by atoms with Crippen molar-refractivity contribution in [1.82, 2.24) is 4.57 Å². The van der Waals surface area contributed by atoms with Gasteiger partial charge in [-0.1, -0.05) is 18.2 Å². The number of carbonyl (C=O) groups excluding carboxylic acids is 1. The molecule has 0 unspecified atom stereocenters. The summed E-state index contributed by atoms with van der Waals surface area (Å²) in [5.74, 6) is -2.22. The number of fused-ring (bicyclic) bond motifs is 1. The second-order valence-corrected chi connectivity index (χ2v) is 6.98. The Morgan fingerprint density at radius 1 is 0.970 bits per heavy atom. The summed E-state index contributed by atoms with van der Waals surface area (Å²) in [6.45, 7) is 0. The van der Waals surface area contributed by atoms with E-state index in [0.29, 0.717) is 22.3 Å². The van der Waals surface area contributed by atoms with Gasteiger partial charge in [0.2, 0.25) is 0 Å². The van der Waals surface area contributed by atoms with Crippen LogP contribution in [0.4, 0.5) is 13.2 Å². The molecule has 164 valence electrons. The van der Waals surface area contributed by atoms with Gasteiger partial charge in [0, 0.05) is 17.3 Å². The standard InChI is InChI=1S/C24H13F3N2O4/c25-24(26,27)20-10-9-17(11-14(20)12-28)33-16-7-5-15(6-8-16)29-13-19(22(30)23(31)32)18-3-1-2-4-21(18)29/h1-11,13H,(H,31,32). The second-order valence-electron chi connectivity index (χ2n) is 6.98. The van der Waals surface area contributed by atoms with Crippen molar-refractivity contribution in [2.45, 2.75) is 6.18 Å². The molecule has 0 aliphatic rings. The molecule has 0 bridgehead atoms. The van der Waals surface area contributed by atoms with Gasteiger partial charge in [0.05, 0.1) is 28.3 Å². The van der Waals surface area contributed by atoms with Crippen LogP contribution in [0.1, 0.15) is 21.5 Å². The van der Waals surface area contributed by atoms with Gasteiger partial charge in [0.1, 0.15) is 11.5 Å². The molecule has 3 aromatic carbocycles. The Morgan fingerprint density at radius 2 is 1.64 bits per heavy atom. The molecule has 0 aliphatic heterocycles. The Morgan fingerprint density at radius 3 is 2.27 bits per heavy atom. The minimum Gasteiger partial charge on any atom is -0.475 e. The molecule has 0 saturated heterocycles. The lowest BCUT2D eigenvalue weighted by Crippen LogP contribution is -2.12. The third-order valence-corrected chi connectivity index (χ3v) is 4.92. The number of Topliss-reactive ketones (excluding diaryl/α,β-unsaturated/α-hetero) is 1. The molecule has 6 nitrogen and oxygen atoms in total. The number of para-hydroxylation sites is 1. The van der Waals surface area contributed by atoms with Gasteiger partial charge in [-0.3, -0.25) is 4.79 Å². The fourth-order valence-corrected chi connectivity index (χ4v) is 3.43. The van der Waals surface area contributed by atoms with Gasteiger partial charge in [0.25, 0.3) is 5.78 Å². The predicted molar refractivity (Wildman–Crippen MR) is 111 cm³/mol. The number of carboxylic acid groups (broad SMARTS) is 1. The molecule has 9 heteroatoms. The van der Waals surface area contributed by atoms with Crippen LogP contribution >= 0.6 is 0 Å². The molecule has 0 aliphatic carbocycles. The number of hydrogen-bond acceptors (Lipinski definition) is 4. The van der Waals surface area contributed by atoms with Crippen LogP contribution in [-0.2, 0) is 11.0 Å². The van der Waals surface area contributed by atoms with Gasteiger partial charge in [0.15, 0.2) is 0 Å². The molecule has 1 heterocycles. The summed E-state index contributed by atoms with van der Waals surface area (Å²) in [6.07, 6.45) is -3.21. The van der Waals surface area contributed by atoms with Crippen molar-refractivity contribution in [2.24, 2.45) is 0 Å². The SMILES string of the molecule is N#Cc1cc(Oc2ccc(-n3cc(C(=O)C(=O)O)c4ccccc43)cc2)ccc1C(F)(F)F. The van der Waals surface area contributed by atoms with Crippen LogP contribution in [0, 0.1) is 11.3 Å². The highest BCUT2D eigenvalue weighted by molar-refractivity contribution is 6.42. The van der Waals surface area contributed by atoms with E-state index in [1.54, 1.807) is 53.1 Å². The van der Waals surface area contributed by atoms with E-state index in [1.807, 2.05) is 0 Å². The van der Waals surface area contributed by atoms with Gasteiger partial charge < -0.3 is 14.4 Å². The smallest absolute Gasteiger partial charge is 0.417 e. The molecule has 0 fully saturated rings. The van der Waals surface area contributed by atoms with E-state index in [4.69, 9.17) is 15.1 Å². The average Bonchev–Trinajstić information content (AvgIpc) is 3.18. The molecule has 0 spiro atoms. The minimum absolute atomic E-state index is 0.0483. The molecule has 0 amide bonds. The highest BCUT2D eigenvalue weighted by atomic mass is 19.4. The number of halogens is 3. The van der Waals surface area contributed by atoms with Crippen molar-refractivity contribution >= 4 is 22.7 Å². The van der Waals surface area contributed by atoms with E-state index >= 15 is 0 Å². The first-order valence-electron chi connectivity index (χ1n) is 9.46. The zero-order chi connectivity index (χ0) is 23.8. The van der Waals surface area contributed by atoms with Crippen molar-refractivity contribution in [3.8, 4) is 23.3 Å². The third kappa shape index (κ3) is 4.14. The highest BCUT2D eigenvalue weighted by Gasteiger charge is 2.33. The third-order valence-electron chi connectivity index (χ3n) is 4.92. The number of carboxylic acids is 1. The molecule has 0 radical (unpaired) electrons. The summed E-state index contributed by atoms with van der Waals surface area (Å²) >= 11 is 0. The molecule has 0 saturated carbocycles. The van der Waals surface area contributed by atoms with Crippen molar-refractivity contribution < 1.29 is 32.6 Å². The number of ether oxygens (including phenoxy) is 1. The Hall–Kier alpha value is -4.58. The van der Waals surface area contributed by atoms with Crippen LogP contribution < -0.4 is 4.74 Å². The number of rotatable bonds is 5. The molecule has 1 aromatic heterocycles. The van der Waals surface area contributed by atoms with E-state index < -0.39 is 29.1 Å². The van der Waals surface area contributed by atoms with E-state index in [1.165, 1.54) is 12.3 Å². The molecule has 1 N–H and O–H groups in total. The number of alkyl halides is 3. The van der Waals surface area contributed by atoms with Crippen molar-refractivity contribution in [3.63, 3.8) is 0 Å². The number of hydrogen-bond donors (Lipinski definition) is 1. The Kier molecular flexibility index (Phi) is 5.35. The quantitative estimate of drug-likeness (QED) is 0.317. The topological polar surface area (TPSA) is 92.3 Å². The average molecular weight is 450 g/mol. The number of carbonyl (C=O) groups is 2. The van der Waals surface area contributed by atoms with Crippen LogP contribution in [0.15, 0.2) is 72.9 Å². The summed E-state index contributed by atoms with van der Waals surface area (Å²) in [6, 6.07) is 17.7. The van der Waals surface area contributed by atoms with Crippen molar-refractivity contribution in [1.29, 1.82) is 5.26 Å². The maximum Gasteiger partial charge on any atom is 0.417 e. The van der Waals surface area contributed by atoms with E-state index in [0.717, 1.165) is 18.2 Å². The largest absolute Gasteiger partial charge is 0.475 e. The Balaban J connectivity index is 1.65. The Bertz CT molecular complexity index is 1430. The summed E-state index contributed by atoms with van der Waals surface area (Å²) < 4.78 is 46.1. The van der Waals surface area contributed by atoms with Gasteiger partial charge in [-0.2, -0.15) is 18.4 Å². The monoisotopic (exact) mass is 450 g/mol. The van der Waals surface area contributed by atoms with Gasteiger partial charge in [-0.15, -0.1) is 0 Å². The minimum atomic E-state index is -4.65. The fourth-order valence-electron chi connectivity index (χ4n) is 3.43. The zero-order valence-electron chi connectivity index (χ0n) is 16.6. The van der Waals surface area contributed by atoms with Crippen molar-refractivity contribution in [2.75, 3.05) is 0 Å². The van der Waals surface area contributed by atoms with Crippen LogP contribution in [0.25, 0.3) is 16.6 Å². The molecular formula is C24H13F3N2O4. The van der Waals surface area contributed by atoms with E-state index in [-0.39, 0.29) is 11.3 Å². The van der Waals surface area contributed by atoms with Crippen LogP contribution in [0.2, 0.25) is 0 Å². The van der Waals surface area contributed by atoms with Gasteiger partial charge >= 0.3 is 12.1 Å². The molecule has 4 rings (SSSR count). The van der Waals surface area contributed by atoms with E-state index in [9.17, 15) is 22.8 Å². The molecule has 4 aromatic rings. The van der Waals surface area contributed by atoms with Crippen LogP contribution in [0.5, 0.6) is 11.5 Å². The first kappa shape index (κ1) is 21.6. The van der Waals surface area contributed by atoms with E-state index in [2.05, 4.69) is 0 Å². The molecular weight excluding hydrogens is 437 g/mol. The summed E-state index contributed by atoms with van der Waals surface area (Å²) in [7, 11) is 0. The van der Waals surface area contributed by atoms with Gasteiger partial charge in [-0.05, 0) is 48.5 Å². The van der Waals surface area contributed by atoms with Crippen molar-refractivity contribution in [3.05, 3.63) is 89.6 Å². The number of benzene rings is 3. The van der Waals surface area contributed by atoms with Gasteiger partial charge in [-0.25, -0.2) is 4.79 Å². The summed E-state index contributed by atoms with van der Waals surface area (Å²) in [5, 5.41) is 18.6. The highest BCUT2D eigenvalue weighted by Crippen LogP contribution is 2.35. The second kappa shape index (κ2) is 8.16. The lowest BCUT2D eigenvalue weighted by molar-refractivity contribution is -0.137. The maximum atomic E-state index is 13.0. The summed E-state index contributed by atoms with van der Waals surface area (Å²) in [4.78, 5) is 23.2. The lowest BCUT2D eigenvalue weighted by Gasteiger charge is -2.12. The molecule has 0 atom stereocenters. The number of aromatic nitrogens is 1. The molecule has 33 heavy (non-hydrogen) atoms.